The fourth-order valence-corrected chi connectivity index (χ4v) is 1.73. The van der Waals surface area contributed by atoms with E-state index in [2.05, 4.69) is 53.8 Å². The summed E-state index contributed by atoms with van der Waals surface area (Å²) in [6.45, 7) is 21.1. The molecule has 0 aliphatic carbocycles. The summed E-state index contributed by atoms with van der Waals surface area (Å²) in [6, 6.07) is -0.110. The van der Waals surface area contributed by atoms with E-state index in [-0.39, 0.29) is 17.4 Å². The highest BCUT2D eigenvalue weighted by molar-refractivity contribution is 5.82. The fourth-order valence-electron chi connectivity index (χ4n) is 1.73. The quantitative estimate of drug-likeness (QED) is 0.661. The van der Waals surface area contributed by atoms with Gasteiger partial charge in [-0.15, -0.1) is 0 Å². The third-order valence-corrected chi connectivity index (χ3v) is 4.32. The van der Waals surface area contributed by atoms with Gasteiger partial charge in [0.15, 0.2) is 0 Å². The highest BCUT2D eigenvalue weighted by Gasteiger charge is 2.40. The Kier molecular flexibility index (Phi) is 9.37. The summed E-state index contributed by atoms with van der Waals surface area (Å²) in [5.74, 6) is 1.01. The van der Waals surface area contributed by atoms with Crippen molar-refractivity contribution < 1.29 is 14.3 Å². The Bertz CT molecular complexity index is 329. The van der Waals surface area contributed by atoms with Crippen LogP contribution >= 0.6 is 0 Å². The van der Waals surface area contributed by atoms with E-state index in [1.54, 1.807) is 0 Å². The van der Waals surface area contributed by atoms with E-state index in [4.69, 9.17) is 9.47 Å². The van der Waals surface area contributed by atoms with Crippen molar-refractivity contribution in [2.75, 3.05) is 26.4 Å². The van der Waals surface area contributed by atoms with E-state index in [1.807, 2.05) is 13.8 Å². The lowest BCUT2D eigenvalue weighted by atomic mass is 9.68. The average Bonchev–Trinajstić information content (AvgIpc) is 2.35. The fraction of sp³-hybridized carbons (Fsp3) is 0.947. The van der Waals surface area contributed by atoms with Crippen LogP contribution in [0.25, 0.3) is 0 Å². The zero-order valence-electron chi connectivity index (χ0n) is 16.8. The van der Waals surface area contributed by atoms with Crippen LogP contribution in [0.15, 0.2) is 0 Å². The van der Waals surface area contributed by atoms with Gasteiger partial charge in [-0.25, -0.2) is 0 Å². The van der Waals surface area contributed by atoms with Gasteiger partial charge in [0.25, 0.3) is 0 Å². The van der Waals surface area contributed by atoms with Gasteiger partial charge < -0.3 is 14.8 Å². The standard InChI is InChI=1S/C19H39NO3/c1-14(2)10-22-12-16(13-23-11-15(3)4)20-17(21)19(8,9)18(5,6)7/h14-16H,10-13H2,1-9H3,(H,20,21). The average molecular weight is 330 g/mol. The smallest absolute Gasteiger partial charge is 0.226 e. The van der Waals surface area contributed by atoms with Crippen LogP contribution in [0.1, 0.15) is 62.3 Å². The molecule has 0 rings (SSSR count). The molecule has 4 heteroatoms. The predicted molar refractivity (Wildman–Crippen MR) is 96.5 cm³/mol. The summed E-state index contributed by atoms with van der Waals surface area (Å²) in [5, 5.41) is 3.12. The molecule has 0 saturated heterocycles. The zero-order valence-corrected chi connectivity index (χ0v) is 16.8. The second-order valence-corrected chi connectivity index (χ2v) is 8.91. The molecule has 0 bridgehead atoms. The molecule has 0 aromatic heterocycles. The molecule has 1 N–H and O–H groups in total. The van der Waals surface area contributed by atoms with Gasteiger partial charge in [0.05, 0.1) is 19.3 Å². The molecule has 0 aliphatic heterocycles. The lowest BCUT2D eigenvalue weighted by Gasteiger charge is -2.38. The Balaban J connectivity index is 4.68. The molecule has 138 valence electrons. The molecule has 4 nitrogen and oxygen atoms in total. The van der Waals surface area contributed by atoms with Crippen LogP contribution in [0, 0.1) is 22.7 Å². The maximum absolute atomic E-state index is 12.7. The number of carbonyl (C=O) groups excluding carboxylic acids is 1. The summed E-state index contributed by atoms with van der Waals surface area (Å²) in [4.78, 5) is 12.7. The monoisotopic (exact) mass is 329 g/mol. The first-order valence-electron chi connectivity index (χ1n) is 8.84. The van der Waals surface area contributed by atoms with Crippen LogP contribution in [-0.4, -0.2) is 38.4 Å². The van der Waals surface area contributed by atoms with Crippen LogP contribution in [-0.2, 0) is 14.3 Å². The molecule has 0 saturated carbocycles. The summed E-state index contributed by atoms with van der Waals surface area (Å²) < 4.78 is 11.4. The van der Waals surface area contributed by atoms with Gasteiger partial charge in [-0.05, 0) is 17.3 Å². The molecule has 0 unspecified atom stereocenters. The lowest BCUT2D eigenvalue weighted by Crippen LogP contribution is -2.51. The summed E-state index contributed by atoms with van der Waals surface area (Å²) in [5.41, 5.74) is -0.569. The van der Waals surface area contributed by atoms with Gasteiger partial charge in [-0.2, -0.15) is 0 Å². The molecular weight excluding hydrogens is 290 g/mol. The van der Waals surface area contributed by atoms with Crippen LogP contribution in [0.5, 0.6) is 0 Å². The molecule has 23 heavy (non-hydrogen) atoms. The van der Waals surface area contributed by atoms with Gasteiger partial charge in [0.2, 0.25) is 5.91 Å². The SMILES string of the molecule is CC(C)COCC(COCC(C)C)NC(=O)C(C)(C)C(C)(C)C. The van der Waals surface area contributed by atoms with Crippen molar-refractivity contribution in [1.29, 1.82) is 0 Å². The van der Waals surface area contributed by atoms with Crippen molar-refractivity contribution in [2.45, 2.75) is 68.4 Å². The molecule has 0 aromatic carbocycles. The normalized spacial score (nSPS) is 13.2. The van der Waals surface area contributed by atoms with E-state index >= 15 is 0 Å². The van der Waals surface area contributed by atoms with Crippen LogP contribution in [0.2, 0.25) is 0 Å². The maximum atomic E-state index is 12.7. The second kappa shape index (κ2) is 9.63. The lowest BCUT2D eigenvalue weighted by molar-refractivity contribution is -0.136. The first kappa shape index (κ1) is 22.4. The van der Waals surface area contributed by atoms with Crippen molar-refractivity contribution in [3.05, 3.63) is 0 Å². The topological polar surface area (TPSA) is 47.6 Å². The van der Waals surface area contributed by atoms with Gasteiger partial charge in [-0.1, -0.05) is 62.3 Å². The number of nitrogens with one attached hydrogen (secondary N) is 1. The number of ether oxygens (including phenoxy) is 2. The Hall–Kier alpha value is -0.610. The highest BCUT2D eigenvalue weighted by atomic mass is 16.5. The molecule has 0 fully saturated rings. The Morgan fingerprint density at radius 1 is 0.826 bits per heavy atom. The van der Waals surface area contributed by atoms with E-state index in [9.17, 15) is 4.79 Å². The van der Waals surface area contributed by atoms with Gasteiger partial charge in [0, 0.05) is 18.6 Å². The van der Waals surface area contributed by atoms with Crippen molar-refractivity contribution in [2.24, 2.45) is 22.7 Å². The number of hydrogen-bond donors (Lipinski definition) is 1. The van der Waals surface area contributed by atoms with Crippen molar-refractivity contribution in [3.63, 3.8) is 0 Å². The van der Waals surface area contributed by atoms with Crippen molar-refractivity contribution in [1.82, 2.24) is 5.32 Å². The summed E-state index contributed by atoms with van der Waals surface area (Å²) in [6.07, 6.45) is 0. The molecule has 1 amide bonds. The number of hydrogen-bond acceptors (Lipinski definition) is 3. The van der Waals surface area contributed by atoms with E-state index in [1.165, 1.54) is 0 Å². The minimum Gasteiger partial charge on any atom is -0.379 e. The minimum absolute atomic E-state index is 0.0521. The largest absolute Gasteiger partial charge is 0.379 e. The van der Waals surface area contributed by atoms with Crippen molar-refractivity contribution in [3.8, 4) is 0 Å². The van der Waals surface area contributed by atoms with E-state index in [0.29, 0.717) is 38.3 Å². The Morgan fingerprint density at radius 2 is 1.22 bits per heavy atom. The highest BCUT2D eigenvalue weighted by Crippen LogP contribution is 2.37. The zero-order chi connectivity index (χ0) is 18.3. The molecule has 0 aliphatic rings. The van der Waals surface area contributed by atoms with Gasteiger partial charge in [-0.3, -0.25) is 4.79 Å². The van der Waals surface area contributed by atoms with Gasteiger partial charge >= 0.3 is 0 Å². The molecule has 0 aromatic rings. The van der Waals surface area contributed by atoms with E-state index < -0.39 is 5.41 Å². The number of amides is 1. The first-order chi connectivity index (χ1) is 10.4. The van der Waals surface area contributed by atoms with Crippen LogP contribution in [0.4, 0.5) is 0 Å². The number of rotatable bonds is 10. The first-order valence-corrected chi connectivity index (χ1v) is 8.84. The van der Waals surface area contributed by atoms with E-state index in [0.717, 1.165) is 0 Å². The molecule has 0 radical (unpaired) electrons. The molecular formula is C19H39NO3. The predicted octanol–water partition coefficient (Wildman–Crippen LogP) is 3.89. The Labute approximate surface area is 143 Å². The Morgan fingerprint density at radius 3 is 1.52 bits per heavy atom. The molecule has 0 heterocycles. The minimum atomic E-state index is -0.457. The van der Waals surface area contributed by atoms with Crippen LogP contribution < -0.4 is 5.32 Å². The summed E-state index contributed by atoms with van der Waals surface area (Å²) >= 11 is 0. The molecule has 0 spiro atoms. The third kappa shape index (κ3) is 8.71. The van der Waals surface area contributed by atoms with Crippen LogP contribution in [0.3, 0.4) is 0 Å². The van der Waals surface area contributed by atoms with Gasteiger partial charge in [0.1, 0.15) is 0 Å². The second-order valence-electron chi connectivity index (χ2n) is 8.91. The summed E-state index contributed by atoms with van der Waals surface area (Å²) in [7, 11) is 0. The number of carbonyl (C=O) groups is 1. The maximum Gasteiger partial charge on any atom is 0.226 e. The molecule has 0 atom stereocenters. The van der Waals surface area contributed by atoms with Crippen molar-refractivity contribution >= 4 is 5.91 Å². The third-order valence-electron chi connectivity index (χ3n) is 4.32.